The highest BCUT2D eigenvalue weighted by atomic mass is 35.5. The molecule has 6 nitrogen and oxygen atoms in total. The number of fused-ring (bicyclic) bond motifs is 1. The van der Waals surface area contributed by atoms with Crippen LogP contribution in [0.1, 0.15) is 5.56 Å². The molecule has 1 aliphatic heterocycles. The second kappa shape index (κ2) is 8.02. The summed E-state index contributed by atoms with van der Waals surface area (Å²) in [5.41, 5.74) is 1.69. The molecule has 1 N–H and O–H groups in total. The van der Waals surface area contributed by atoms with Gasteiger partial charge >= 0.3 is 0 Å². The van der Waals surface area contributed by atoms with Crippen molar-refractivity contribution < 1.29 is 17.9 Å². The molecule has 1 amide bonds. The van der Waals surface area contributed by atoms with Gasteiger partial charge in [-0.1, -0.05) is 35.9 Å². The summed E-state index contributed by atoms with van der Waals surface area (Å²) in [6.45, 7) is 4.01. The molecule has 3 rings (SSSR count). The number of benzene rings is 2. The third kappa shape index (κ3) is 4.09. The van der Waals surface area contributed by atoms with Crippen molar-refractivity contribution in [2.75, 3.05) is 24.0 Å². The Morgan fingerprint density at radius 2 is 2.07 bits per heavy atom. The lowest BCUT2D eigenvalue weighted by Crippen LogP contribution is -2.29. The maximum Gasteiger partial charge on any atom is 0.264 e. The first-order valence-electron chi connectivity index (χ1n) is 8.34. The third-order valence-corrected chi connectivity index (χ3v) is 6.24. The lowest BCUT2D eigenvalue weighted by atomic mass is 10.2. The average molecular weight is 407 g/mol. The van der Waals surface area contributed by atoms with Crippen LogP contribution in [-0.2, 0) is 21.2 Å². The smallest absolute Gasteiger partial charge is 0.264 e. The molecular formula is C19H19ClN2O4S. The van der Waals surface area contributed by atoms with Crippen LogP contribution in [0.3, 0.4) is 0 Å². The van der Waals surface area contributed by atoms with Crippen LogP contribution in [0.25, 0.3) is 0 Å². The molecule has 1 heterocycles. The van der Waals surface area contributed by atoms with E-state index < -0.39 is 10.0 Å². The molecule has 142 valence electrons. The summed E-state index contributed by atoms with van der Waals surface area (Å²) in [6, 6.07) is 11.6. The minimum Gasteiger partial charge on any atom is -0.482 e. The molecule has 1 aliphatic rings. The first-order valence-corrected chi connectivity index (χ1v) is 10.2. The van der Waals surface area contributed by atoms with Crippen molar-refractivity contribution >= 4 is 33.2 Å². The molecule has 2 aromatic rings. The second-order valence-electron chi connectivity index (χ2n) is 5.93. The van der Waals surface area contributed by atoms with Gasteiger partial charge in [-0.25, -0.2) is 8.42 Å². The maximum atomic E-state index is 13.0. The van der Waals surface area contributed by atoms with Gasteiger partial charge in [0.2, 0.25) is 0 Å². The van der Waals surface area contributed by atoms with Crippen molar-refractivity contribution in [2.45, 2.75) is 11.3 Å². The molecule has 0 radical (unpaired) electrons. The number of hydrogen-bond acceptors (Lipinski definition) is 4. The van der Waals surface area contributed by atoms with Crippen LogP contribution < -0.4 is 14.4 Å². The van der Waals surface area contributed by atoms with E-state index >= 15 is 0 Å². The van der Waals surface area contributed by atoms with E-state index in [2.05, 4.69) is 11.9 Å². The monoisotopic (exact) mass is 406 g/mol. The van der Waals surface area contributed by atoms with E-state index in [9.17, 15) is 13.2 Å². The molecule has 0 saturated heterocycles. The van der Waals surface area contributed by atoms with Crippen LogP contribution in [-0.4, -0.2) is 34.0 Å². The van der Waals surface area contributed by atoms with E-state index in [0.717, 1.165) is 5.56 Å². The van der Waals surface area contributed by atoms with Gasteiger partial charge < -0.3 is 10.1 Å². The Hall–Kier alpha value is -2.51. The normalized spacial score (nSPS) is 13.1. The summed E-state index contributed by atoms with van der Waals surface area (Å²) in [7, 11) is -3.73. The fourth-order valence-electron chi connectivity index (χ4n) is 2.82. The number of halogens is 1. The van der Waals surface area contributed by atoms with Gasteiger partial charge in [0.1, 0.15) is 5.75 Å². The third-order valence-electron chi connectivity index (χ3n) is 4.14. The molecule has 0 saturated carbocycles. The van der Waals surface area contributed by atoms with Crippen molar-refractivity contribution in [3.63, 3.8) is 0 Å². The highest BCUT2D eigenvalue weighted by Crippen LogP contribution is 2.34. The fourth-order valence-corrected chi connectivity index (χ4v) is 4.65. The van der Waals surface area contributed by atoms with Crippen LogP contribution in [0.2, 0.25) is 5.02 Å². The number of anilines is 1. The Bertz CT molecular complexity index is 975. The zero-order chi connectivity index (χ0) is 19.4. The number of hydrogen-bond donors (Lipinski definition) is 1. The summed E-state index contributed by atoms with van der Waals surface area (Å²) in [5.74, 6) is -0.0810. The van der Waals surface area contributed by atoms with Crippen molar-refractivity contribution in [1.29, 1.82) is 0 Å². The lowest BCUT2D eigenvalue weighted by Gasteiger charge is -2.20. The summed E-state index contributed by atoms with van der Waals surface area (Å²) in [6.07, 6.45) is 2.23. The van der Waals surface area contributed by atoms with Gasteiger partial charge in [0.05, 0.1) is 15.6 Å². The molecule has 2 aromatic carbocycles. The average Bonchev–Trinajstić information content (AvgIpc) is 3.10. The first-order chi connectivity index (χ1) is 12.9. The Balaban J connectivity index is 1.77. The Morgan fingerprint density at radius 1 is 1.30 bits per heavy atom. The van der Waals surface area contributed by atoms with Crippen molar-refractivity contribution in [2.24, 2.45) is 0 Å². The Kier molecular flexibility index (Phi) is 5.72. The van der Waals surface area contributed by atoms with Gasteiger partial charge in [0.15, 0.2) is 6.61 Å². The van der Waals surface area contributed by atoms with Gasteiger partial charge in [0, 0.05) is 13.1 Å². The predicted molar refractivity (Wildman–Crippen MR) is 105 cm³/mol. The summed E-state index contributed by atoms with van der Waals surface area (Å²) < 4.78 is 32.7. The quantitative estimate of drug-likeness (QED) is 0.717. The predicted octanol–water partition coefficient (Wildman–Crippen LogP) is 2.77. The Labute approximate surface area is 163 Å². The van der Waals surface area contributed by atoms with E-state index in [1.54, 1.807) is 12.1 Å². The minimum atomic E-state index is -3.73. The number of sulfonamides is 1. The summed E-state index contributed by atoms with van der Waals surface area (Å²) >= 11 is 6.17. The topological polar surface area (TPSA) is 75.7 Å². The van der Waals surface area contributed by atoms with Gasteiger partial charge in [-0.2, -0.15) is 0 Å². The number of nitrogens with zero attached hydrogens (tertiary/aromatic N) is 1. The van der Waals surface area contributed by atoms with Crippen molar-refractivity contribution in [1.82, 2.24) is 5.32 Å². The van der Waals surface area contributed by atoms with Gasteiger partial charge in [-0.15, -0.1) is 6.58 Å². The molecule has 0 bridgehead atoms. The highest BCUT2D eigenvalue weighted by Gasteiger charge is 2.31. The number of ether oxygens (including phenoxy) is 1. The minimum absolute atomic E-state index is 0.0765. The molecule has 0 aliphatic carbocycles. The maximum absolute atomic E-state index is 13.0. The van der Waals surface area contributed by atoms with Crippen LogP contribution in [0.4, 0.5) is 5.69 Å². The van der Waals surface area contributed by atoms with Crippen LogP contribution in [0, 0.1) is 0 Å². The molecule has 0 aromatic heterocycles. The highest BCUT2D eigenvalue weighted by molar-refractivity contribution is 7.92. The summed E-state index contributed by atoms with van der Waals surface area (Å²) in [4.78, 5) is 11.7. The number of rotatable bonds is 7. The van der Waals surface area contributed by atoms with Crippen LogP contribution in [0.5, 0.6) is 5.75 Å². The zero-order valence-corrected chi connectivity index (χ0v) is 16.1. The first kappa shape index (κ1) is 19.3. The molecule has 8 heteroatoms. The largest absolute Gasteiger partial charge is 0.482 e. The van der Waals surface area contributed by atoms with E-state index in [-0.39, 0.29) is 28.2 Å². The van der Waals surface area contributed by atoms with Crippen molar-refractivity contribution in [3.05, 3.63) is 65.7 Å². The second-order valence-corrected chi connectivity index (χ2v) is 8.20. The SMILES string of the molecule is C=CCNC(=O)COc1ccc(S(=O)(=O)N2CCc3ccccc32)cc1Cl. The van der Waals surface area contributed by atoms with E-state index in [1.807, 2.05) is 18.2 Å². The lowest BCUT2D eigenvalue weighted by molar-refractivity contribution is -0.122. The molecule has 27 heavy (non-hydrogen) atoms. The molecular weight excluding hydrogens is 388 g/mol. The Morgan fingerprint density at radius 3 is 2.81 bits per heavy atom. The number of nitrogens with one attached hydrogen (secondary N) is 1. The number of carbonyl (C=O) groups is 1. The van der Waals surface area contributed by atoms with E-state index in [4.69, 9.17) is 16.3 Å². The summed E-state index contributed by atoms with van der Waals surface area (Å²) in [5, 5.41) is 2.70. The van der Waals surface area contributed by atoms with Gasteiger partial charge in [0.25, 0.3) is 15.9 Å². The van der Waals surface area contributed by atoms with Crippen molar-refractivity contribution in [3.8, 4) is 5.75 Å². The number of carbonyl (C=O) groups excluding carboxylic acids is 1. The van der Waals surface area contributed by atoms with Crippen LogP contribution in [0.15, 0.2) is 60.0 Å². The number of amides is 1. The van der Waals surface area contributed by atoms with Gasteiger partial charge in [-0.05, 0) is 36.2 Å². The van der Waals surface area contributed by atoms with E-state index in [0.29, 0.717) is 25.2 Å². The van der Waals surface area contributed by atoms with Crippen LogP contribution >= 0.6 is 11.6 Å². The molecule has 0 spiro atoms. The molecule has 0 atom stereocenters. The standard InChI is InChI=1S/C19H19ClN2O4S/c1-2-10-21-19(23)13-26-18-8-7-15(12-16(18)20)27(24,25)22-11-9-14-5-3-4-6-17(14)22/h2-8,12H,1,9-11,13H2,(H,21,23). The zero-order valence-electron chi connectivity index (χ0n) is 14.5. The van der Waals surface area contributed by atoms with E-state index in [1.165, 1.54) is 22.5 Å². The molecule has 0 fully saturated rings. The fraction of sp³-hybridized carbons (Fsp3) is 0.211. The number of para-hydroxylation sites is 1. The molecule has 0 unspecified atom stereocenters. The van der Waals surface area contributed by atoms with Gasteiger partial charge in [-0.3, -0.25) is 9.10 Å².